The SMILES string of the molecule is Cc1cnc(Nc2ccc(Oc3ccc([N+](=O)[O-])cc3)cc2)nc1N1CCC2(CCNC2=O)CC1. The lowest BCUT2D eigenvalue weighted by atomic mass is 9.77. The summed E-state index contributed by atoms with van der Waals surface area (Å²) in [5.74, 6) is 2.69. The Labute approximate surface area is 202 Å². The molecule has 2 saturated heterocycles. The Balaban J connectivity index is 1.23. The molecule has 0 radical (unpaired) electrons. The highest BCUT2D eigenvalue weighted by atomic mass is 16.6. The lowest BCUT2D eigenvalue weighted by molar-refractivity contribution is -0.384. The molecule has 2 N–H and O–H groups in total. The number of anilines is 3. The number of carbonyl (C=O) groups excluding carboxylic acids is 1. The molecule has 180 valence electrons. The first-order valence-electron chi connectivity index (χ1n) is 11.6. The van der Waals surface area contributed by atoms with Crippen molar-refractivity contribution in [2.75, 3.05) is 29.9 Å². The fraction of sp³-hybridized carbons (Fsp3) is 0.320. The highest BCUT2D eigenvalue weighted by Crippen LogP contribution is 2.39. The summed E-state index contributed by atoms with van der Waals surface area (Å²) >= 11 is 0. The van der Waals surface area contributed by atoms with E-state index in [-0.39, 0.29) is 17.0 Å². The molecule has 2 aliphatic heterocycles. The number of piperidine rings is 1. The molecule has 1 spiro atoms. The predicted molar refractivity (Wildman–Crippen MR) is 131 cm³/mol. The Morgan fingerprint density at radius 2 is 1.71 bits per heavy atom. The molecule has 1 aromatic heterocycles. The van der Waals surface area contributed by atoms with Crippen molar-refractivity contribution in [2.45, 2.75) is 26.2 Å². The number of nitro benzene ring substituents is 1. The molecule has 2 aromatic carbocycles. The van der Waals surface area contributed by atoms with Crippen LogP contribution in [0.25, 0.3) is 0 Å². The van der Waals surface area contributed by atoms with E-state index in [1.54, 1.807) is 24.3 Å². The summed E-state index contributed by atoms with van der Waals surface area (Å²) in [6, 6.07) is 13.2. The number of aryl methyl sites for hydroxylation is 1. The van der Waals surface area contributed by atoms with Gasteiger partial charge in [-0.05, 0) is 62.6 Å². The molecule has 0 aliphatic carbocycles. The quantitative estimate of drug-likeness (QED) is 0.400. The Bertz CT molecular complexity index is 1240. The van der Waals surface area contributed by atoms with E-state index >= 15 is 0 Å². The first-order chi connectivity index (χ1) is 16.9. The van der Waals surface area contributed by atoms with E-state index in [1.165, 1.54) is 12.1 Å². The topological polar surface area (TPSA) is 123 Å². The molecule has 10 nitrogen and oxygen atoms in total. The number of rotatable bonds is 6. The molecule has 10 heteroatoms. The number of nitrogens with one attached hydrogen (secondary N) is 2. The molecule has 3 aromatic rings. The first kappa shape index (κ1) is 22.6. The third-order valence-corrected chi connectivity index (χ3v) is 6.73. The second-order valence-corrected chi connectivity index (χ2v) is 8.98. The highest BCUT2D eigenvalue weighted by Gasteiger charge is 2.44. The molecule has 3 heterocycles. The van der Waals surface area contributed by atoms with Gasteiger partial charge in [0.1, 0.15) is 17.3 Å². The number of aromatic nitrogens is 2. The summed E-state index contributed by atoms with van der Waals surface area (Å²) in [4.78, 5) is 34.0. The molecule has 0 unspecified atom stereocenters. The second-order valence-electron chi connectivity index (χ2n) is 8.98. The number of amides is 1. The number of nitro groups is 1. The molecule has 1 amide bonds. The molecule has 2 aliphatic rings. The lowest BCUT2D eigenvalue weighted by Gasteiger charge is -2.38. The summed E-state index contributed by atoms with van der Waals surface area (Å²) in [6.45, 7) is 4.35. The van der Waals surface area contributed by atoms with E-state index < -0.39 is 4.92 Å². The van der Waals surface area contributed by atoms with Gasteiger partial charge in [-0.25, -0.2) is 4.98 Å². The maximum atomic E-state index is 12.3. The van der Waals surface area contributed by atoms with Crippen molar-refractivity contribution in [3.63, 3.8) is 0 Å². The van der Waals surface area contributed by atoms with Gasteiger partial charge in [0, 0.05) is 49.2 Å². The van der Waals surface area contributed by atoms with E-state index in [4.69, 9.17) is 9.72 Å². The average molecular weight is 475 g/mol. The highest BCUT2D eigenvalue weighted by molar-refractivity contribution is 5.85. The van der Waals surface area contributed by atoms with E-state index in [2.05, 4.69) is 20.5 Å². The van der Waals surface area contributed by atoms with Gasteiger partial charge >= 0.3 is 0 Å². The summed E-state index contributed by atoms with van der Waals surface area (Å²) in [5, 5.41) is 17.0. The molecule has 2 fully saturated rings. The van der Waals surface area contributed by atoms with E-state index in [1.807, 2.05) is 25.3 Å². The van der Waals surface area contributed by atoms with Crippen molar-refractivity contribution in [1.29, 1.82) is 0 Å². The normalized spacial score (nSPS) is 16.7. The zero-order chi connectivity index (χ0) is 24.4. The van der Waals surface area contributed by atoms with Crippen LogP contribution in [0, 0.1) is 22.5 Å². The molecule has 35 heavy (non-hydrogen) atoms. The van der Waals surface area contributed by atoms with Crippen molar-refractivity contribution >= 4 is 29.0 Å². The molecule has 0 saturated carbocycles. The maximum Gasteiger partial charge on any atom is 0.269 e. The van der Waals surface area contributed by atoms with Crippen LogP contribution in [0.3, 0.4) is 0 Å². The van der Waals surface area contributed by atoms with Gasteiger partial charge in [0.05, 0.1) is 10.3 Å². The fourth-order valence-electron chi connectivity index (χ4n) is 4.66. The van der Waals surface area contributed by atoms with Gasteiger partial charge in [0.15, 0.2) is 0 Å². The minimum absolute atomic E-state index is 0.0162. The number of hydrogen-bond acceptors (Lipinski definition) is 8. The summed E-state index contributed by atoms with van der Waals surface area (Å²) in [6.07, 6.45) is 4.39. The summed E-state index contributed by atoms with van der Waals surface area (Å²) in [5.41, 5.74) is 1.60. The van der Waals surface area contributed by atoms with Crippen LogP contribution in [-0.4, -0.2) is 40.4 Å². The third-order valence-electron chi connectivity index (χ3n) is 6.73. The zero-order valence-corrected chi connectivity index (χ0v) is 19.4. The van der Waals surface area contributed by atoms with E-state index in [9.17, 15) is 14.9 Å². The predicted octanol–water partition coefficient (Wildman–Crippen LogP) is 4.34. The van der Waals surface area contributed by atoms with E-state index in [0.29, 0.717) is 17.4 Å². The summed E-state index contributed by atoms with van der Waals surface area (Å²) in [7, 11) is 0. The van der Waals surface area contributed by atoms with Gasteiger partial charge in [-0.15, -0.1) is 0 Å². The molecule has 5 rings (SSSR count). The number of carbonyl (C=O) groups is 1. The monoisotopic (exact) mass is 474 g/mol. The Morgan fingerprint density at radius 3 is 2.31 bits per heavy atom. The Kier molecular flexibility index (Phi) is 5.94. The minimum atomic E-state index is -0.446. The van der Waals surface area contributed by atoms with Gasteiger partial charge in [0.25, 0.3) is 5.69 Å². The Hall–Kier alpha value is -4.21. The fourth-order valence-corrected chi connectivity index (χ4v) is 4.66. The number of non-ortho nitro benzene ring substituents is 1. The smallest absolute Gasteiger partial charge is 0.269 e. The van der Waals surface area contributed by atoms with Crippen molar-refractivity contribution in [1.82, 2.24) is 15.3 Å². The largest absolute Gasteiger partial charge is 0.457 e. The van der Waals surface area contributed by atoms with Gasteiger partial charge in [-0.1, -0.05) is 0 Å². The lowest BCUT2D eigenvalue weighted by Crippen LogP contribution is -2.44. The number of hydrogen-bond donors (Lipinski definition) is 2. The van der Waals surface area contributed by atoms with Crippen LogP contribution in [0.1, 0.15) is 24.8 Å². The van der Waals surface area contributed by atoms with Crippen LogP contribution < -0.4 is 20.3 Å². The average Bonchev–Trinajstić information content (AvgIpc) is 3.21. The first-order valence-corrected chi connectivity index (χ1v) is 11.6. The molecule has 0 bridgehead atoms. The zero-order valence-electron chi connectivity index (χ0n) is 19.4. The molecule has 0 atom stereocenters. The van der Waals surface area contributed by atoms with Gasteiger partial charge in [-0.3, -0.25) is 14.9 Å². The van der Waals surface area contributed by atoms with Crippen LogP contribution in [0.5, 0.6) is 11.5 Å². The van der Waals surface area contributed by atoms with Gasteiger partial charge < -0.3 is 20.3 Å². The Morgan fingerprint density at radius 1 is 1.06 bits per heavy atom. The third kappa shape index (κ3) is 4.72. The van der Waals surface area contributed by atoms with Crippen LogP contribution in [0.4, 0.5) is 23.1 Å². The minimum Gasteiger partial charge on any atom is -0.457 e. The number of nitrogens with zero attached hydrogens (tertiary/aromatic N) is 4. The van der Waals surface area contributed by atoms with Crippen molar-refractivity contribution in [3.05, 3.63) is 70.4 Å². The van der Waals surface area contributed by atoms with Crippen LogP contribution >= 0.6 is 0 Å². The summed E-state index contributed by atoms with van der Waals surface area (Å²) < 4.78 is 5.76. The van der Waals surface area contributed by atoms with Crippen LogP contribution in [0.15, 0.2) is 54.7 Å². The van der Waals surface area contributed by atoms with Gasteiger partial charge in [-0.2, -0.15) is 4.98 Å². The standard InChI is InChI=1S/C25H26N6O4/c1-17-16-27-24(29-22(17)30-14-11-25(12-15-30)10-13-26-23(25)32)28-18-2-6-20(7-3-18)35-21-8-4-19(5-9-21)31(33)34/h2-9,16H,10-15H2,1H3,(H,26,32)(H,27,28,29). The number of benzene rings is 2. The van der Waals surface area contributed by atoms with Crippen molar-refractivity contribution < 1.29 is 14.5 Å². The molecular weight excluding hydrogens is 448 g/mol. The van der Waals surface area contributed by atoms with Crippen molar-refractivity contribution in [2.24, 2.45) is 5.41 Å². The second kappa shape index (κ2) is 9.21. The van der Waals surface area contributed by atoms with Crippen molar-refractivity contribution in [3.8, 4) is 11.5 Å². The molecular formula is C25H26N6O4. The van der Waals surface area contributed by atoms with E-state index in [0.717, 1.165) is 56.0 Å². The van der Waals surface area contributed by atoms with Gasteiger partial charge in [0.2, 0.25) is 11.9 Å². The van der Waals surface area contributed by atoms with Crippen LogP contribution in [0.2, 0.25) is 0 Å². The maximum absolute atomic E-state index is 12.3. The number of ether oxygens (including phenoxy) is 1. The van der Waals surface area contributed by atoms with Crippen LogP contribution in [-0.2, 0) is 4.79 Å².